The van der Waals surface area contributed by atoms with Crippen molar-refractivity contribution in [3.63, 3.8) is 0 Å². The summed E-state index contributed by atoms with van der Waals surface area (Å²) in [6, 6.07) is 4.13. The number of ether oxygens (including phenoxy) is 1. The van der Waals surface area contributed by atoms with Crippen LogP contribution in [0.15, 0.2) is 18.2 Å². The Morgan fingerprint density at radius 2 is 2.28 bits per heavy atom. The molecule has 1 aromatic rings. The molecule has 2 unspecified atom stereocenters. The van der Waals surface area contributed by atoms with Crippen LogP contribution in [-0.4, -0.2) is 25.2 Å². The van der Waals surface area contributed by atoms with Crippen molar-refractivity contribution < 1.29 is 13.9 Å². The molecule has 3 N–H and O–H groups in total. The van der Waals surface area contributed by atoms with Crippen LogP contribution in [0.3, 0.4) is 0 Å². The molecule has 4 nitrogen and oxygen atoms in total. The van der Waals surface area contributed by atoms with Crippen molar-refractivity contribution in [2.45, 2.75) is 31.4 Å². The minimum atomic E-state index is -0.589. The van der Waals surface area contributed by atoms with Gasteiger partial charge in [-0.3, -0.25) is 4.79 Å². The molecule has 5 heteroatoms. The van der Waals surface area contributed by atoms with E-state index < -0.39 is 11.7 Å². The number of hydrogen-bond acceptors (Lipinski definition) is 3. The molecule has 1 saturated carbocycles. The molecular formula is C13H17FN2O2. The smallest absolute Gasteiger partial charge is 0.254 e. The number of carbonyl (C=O) groups excluding carboxylic acids is 1. The van der Waals surface area contributed by atoms with E-state index in [0.717, 1.165) is 25.3 Å². The highest BCUT2D eigenvalue weighted by atomic mass is 19.1. The fraction of sp³-hybridized carbons (Fsp3) is 0.462. The van der Waals surface area contributed by atoms with Crippen LogP contribution in [0.25, 0.3) is 0 Å². The first-order chi connectivity index (χ1) is 8.60. The minimum Gasteiger partial charge on any atom is -0.399 e. The van der Waals surface area contributed by atoms with E-state index in [2.05, 4.69) is 5.32 Å². The van der Waals surface area contributed by atoms with E-state index in [1.54, 1.807) is 7.11 Å². The summed E-state index contributed by atoms with van der Waals surface area (Å²) in [6.07, 6.45) is 2.75. The van der Waals surface area contributed by atoms with Crippen molar-refractivity contribution in [2.24, 2.45) is 0 Å². The van der Waals surface area contributed by atoms with Gasteiger partial charge < -0.3 is 15.8 Å². The van der Waals surface area contributed by atoms with Gasteiger partial charge in [-0.2, -0.15) is 0 Å². The molecule has 0 aliphatic heterocycles. The standard InChI is InChI=1S/C13H17FN2O2/c1-18-10-4-3-9(7-10)16-13(17)11-5-2-8(15)6-12(11)14/h2,5-6,9-10H,3-4,7,15H2,1H3,(H,16,17). The number of halogens is 1. The van der Waals surface area contributed by atoms with E-state index in [4.69, 9.17) is 10.5 Å². The van der Waals surface area contributed by atoms with Gasteiger partial charge in [0.25, 0.3) is 5.91 Å². The number of nitrogen functional groups attached to an aromatic ring is 1. The van der Waals surface area contributed by atoms with Gasteiger partial charge in [0.2, 0.25) is 0 Å². The molecule has 0 spiro atoms. The number of amides is 1. The lowest BCUT2D eigenvalue weighted by Gasteiger charge is -2.13. The zero-order chi connectivity index (χ0) is 13.1. The third-order valence-corrected chi connectivity index (χ3v) is 3.29. The highest BCUT2D eigenvalue weighted by molar-refractivity contribution is 5.95. The molecule has 98 valence electrons. The molecule has 18 heavy (non-hydrogen) atoms. The summed E-state index contributed by atoms with van der Waals surface area (Å²) in [5.74, 6) is -0.983. The summed E-state index contributed by atoms with van der Waals surface area (Å²) in [5.41, 5.74) is 5.78. The Hall–Kier alpha value is -1.62. The lowest BCUT2D eigenvalue weighted by atomic mass is 10.1. The molecule has 0 bridgehead atoms. The monoisotopic (exact) mass is 252 g/mol. The number of nitrogens with two attached hydrogens (primary N) is 1. The molecule has 1 aliphatic rings. The molecular weight excluding hydrogens is 235 g/mol. The predicted octanol–water partition coefficient (Wildman–Crippen LogP) is 1.71. The Labute approximate surface area is 105 Å². The normalized spacial score (nSPS) is 23.0. The number of hydrogen-bond donors (Lipinski definition) is 2. The van der Waals surface area contributed by atoms with Gasteiger partial charge in [0.05, 0.1) is 11.7 Å². The Morgan fingerprint density at radius 1 is 1.50 bits per heavy atom. The summed E-state index contributed by atoms with van der Waals surface area (Å²) >= 11 is 0. The van der Waals surface area contributed by atoms with Gasteiger partial charge in [-0.25, -0.2) is 4.39 Å². The Bertz CT molecular complexity index is 451. The highest BCUT2D eigenvalue weighted by Gasteiger charge is 2.26. The van der Waals surface area contributed by atoms with Crippen molar-refractivity contribution in [3.8, 4) is 0 Å². The highest BCUT2D eigenvalue weighted by Crippen LogP contribution is 2.22. The third kappa shape index (κ3) is 2.79. The van der Waals surface area contributed by atoms with Crippen molar-refractivity contribution in [2.75, 3.05) is 12.8 Å². The molecule has 0 heterocycles. The molecule has 2 atom stereocenters. The van der Waals surface area contributed by atoms with Crippen LogP contribution >= 0.6 is 0 Å². The van der Waals surface area contributed by atoms with Crippen LogP contribution in [0.2, 0.25) is 0 Å². The van der Waals surface area contributed by atoms with Crippen LogP contribution in [0.1, 0.15) is 29.6 Å². The number of methoxy groups -OCH3 is 1. The second-order valence-corrected chi connectivity index (χ2v) is 4.58. The summed E-state index contributed by atoms with van der Waals surface area (Å²) in [5, 5.41) is 2.82. The van der Waals surface area contributed by atoms with Crippen molar-refractivity contribution >= 4 is 11.6 Å². The van der Waals surface area contributed by atoms with Crippen LogP contribution in [-0.2, 0) is 4.74 Å². The van der Waals surface area contributed by atoms with E-state index in [1.165, 1.54) is 12.1 Å². The van der Waals surface area contributed by atoms with E-state index in [-0.39, 0.29) is 17.7 Å². The SMILES string of the molecule is COC1CCC(NC(=O)c2ccc(N)cc2F)C1. The van der Waals surface area contributed by atoms with Crippen LogP contribution in [0.5, 0.6) is 0 Å². The van der Waals surface area contributed by atoms with Crippen molar-refractivity contribution in [1.29, 1.82) is 0 Å². The average Bonchev–Trinajstić information content (AvgIpc) is 2.76. The van der Waals surface area contributed by atoms with Crippen LogP contribution < -0.4 is 11.1 Å². The molecule has 0 radical (unpaired) electrons. The number of anilines is 1. The Morgan fingerprint density at radius 3 is 2.89 bits per heavy atom. The van der Waals surface area contributed by atoms with E-state index in [0.29, 0.717) is 5.69 Å². The second kappa shape index (κ2) is 5.35. The maximum absolute atomic E-state index is 13.6. The van der Waals surface area contributed by atoms with Gasteiger partial charge in [0, 0.05) is 18.8 Å². The quantitative estimate of drug-likeness (QED) is 0.805. The van der Waals surface area contributed by atoms with Crippen LogP contribution in [0.4, 0.5) is 10.1 Å². The third-order valence-electron chi connectivity index (χ3n) is 3.29. The summed E-state index contributed by atoms with van der Waals surface area (Å²) in [6.45, 7) is 0. The maximum atomic E-state index is 13.6. The number of nitrogens with one attached hydrogen (secondary N) is 1. The number of benzene rings is 1. The molecule has 2 rings (SSSR count). The average molecular weight is 252 g/mol. The van der Waals surface area contributed by atoms with E-state index in [1.807, 2.05) is 0 Å². The van der Waals surface area contributed by atoms with E-state index in [9.17, 15) is 9.18 Å². The van der Waals surface area contributed by atoms with Gasteiger partial charge in [-0.1, -0.05) is 0 Å². The molecule has 0 saturated heterocycles. The first-order valence-corrected chi connectivity index (χ1v) is 5.99. The zero-order valence-corrected chi connectivity index (χ0v) is 10.3. The zero-order valence-electron chi connectivity index (χ0n) is 10.3. The van der Waals surface area contributed by atoms with Crippen LogP contribution in [0, 0.1) is 5.82 Å². The summed E-state index contributed by atoms with van der Waals surface area (Å²) in [7, 11) is 1.66. The summed E-state index contributed by atoms with van der Waals surface area (Å²) < 4.78 is 18.8. The minimum absolute atomic E-state index is 0.0325. The molecule has 1 fully saturated rings. The maximum Gasteiger partial charge on any atom is 0.254 e. The van der Waals surface area contributed by atoms with Gasteiger partial charge in [-0.15, -0.1) is 0 Å². The Kier molecular flexibility index (Phi) is 3.81. The topological polar surface area (TPSA) is 64.3 Å². The van der Waals surface area contributed by atoms with Gasteiger partial charge >= 0.3 is 0 Å². The first-order valence-electron chi connectivity index (χ1n) is 5.99. The predicted molar refractivity (Wildman–Crippen MR) is 66.7 cm³/mol. The largest absolute Gasteiger partial charge is 0.399 e. The van der Waals surface area contributed by atoms with Crippen molar-refractivity contribution in [3.05, 3.63) is 29.6 Å². The first kappa shape index (κ1) is 12.8. The summed E-state index contributed by atoms with van der Waals surface area (Å²) in [4.78, 5) is 11.9. The lowest BCUT2D eigenvalue weighted by Crippen LogP contribution is -2.33. The molecule has 1 aromatic carbocycles. The lowest BCUT2D eigenvalue weighted by molar-refractivity contribution is 0.0911. The van der Waals surface area contributed by atoms with E-state index >= 15 is 0 Å². The molecule has 1 amide bonds. The second-order valence-electron chi connectivity index (χ2n) is 4.58. The molecule has 1 aliphatic carbocycles. The Balaban J connectivity index is 2.00. The number of rotatable bonds is 3. The van der Waals surface area contributed by atoms with Gasteiger partial charge in [0.15, 0.2) is 0 Å². The fourth-order valence-corrected chi connectivity index (χ4v) is 2.26. The number of carbonyl (C=O) groups is 1. The fourth-order valence-electron chi connectivity index (χ4n) is 2.26. The van der Waals surface area contributed by atoms with Gasteiger partial charge in [0.1, 0.15) is 5.82 Å². The molecule has 0 aromatic heterocycles. The van der Waals surface area contributed by atoms with Gasteiger partial charge in [-0.05, 0) is 37.5 Å². The van der Waals surface area contributed by atoms with Crippen molar-refractivity contribution in [1.82, 2.24) is 5.32 Å².